The Labute approximate surface area is 149 Å². The highest BCUT2D eigenvalue weighted by molar-refractivity contribution is 5.91. The first-order chi connectivity index (χ1) is 11.6. The average Bonchev–Trinajstić information content (AvgIpc) is 3.29. The van der Waals surface area contributed by atoms with Gasteiger partial charge in [0.2, 0.25) is 5.91 Å². The molecule has 2 amide bonds. The molecule has 5 heteroatoms. The van der Waals surface area contributed by atoms with E-state index in [4.69, 9.17) is 4.74 Å². The molecule has 3 rings (SSSR count). The van der Waals surface area contributed by atoms with Gasteiger partial charge in [-0.15, -0.1) is 0 Å². The van der Waals surface area contributed by atoms with Gasteiger partial charge in [-0.25, -0.2) is 4.79 Å². The van der Waals surface area contributed by atoms with Crippen molar-refractivity contribution in [3.8, 4) is 0 Å². The second-order valence-electron chi connectivity index (χ2n) is 8.56. The van der Waals surface area contributed by atoms with Gasteiger partial charge >= 0.3 is 6.09 Å². The van der Waals surface area contributed by atoms with Crippen LogP contribution >= 0.6 is 0 Å². The molecule has 1 aromatic carbocycles. The highest BCUT2D eigenvalue weighted by atomic mass is 16.6. The molecular weight excluding hydrogens is 316 g/mol. The third-order valence-corrected chi connectivity index (χ3v) is 5.49. The van der Waals surface area contributed by atoms with Gasteiger partial charge < -0.3 is 15.0 Å². The van der Waals surface area contributed by atoms with Gasteiger partial charge in [-0.1, -0.05) is 30.3 Å². The molecule has 1 aromatic rings. The summed E-state index contributed by atoms with van der Waals surface area (Å²) in [5.74, 6) is 0.141. The van der Waals surface area contributed by atoms with Gasteiger partial charge in [0, 0.05) is 6.54 Å². The summed E-state index contributed by atoms with van der Waals surface area (Å²) >= 11 is 0. The molecule has 1 saturated heterocycles. The Morgan fingerprint density at radius 1 is 1.24 bits per heavy atom. The number of nitrogens with one attached hydrogen (secondary N) is 1. The van der Waals surface area contributed by atoms with E-state index in [0.717, 1.165) is 18.4 Å². The normalized spacial score (nSPS) is 25.8. The van der Waals surface area contributed by atoms with Crippen molar-refractivity contribution in [3.05, 3.63) is 35.9 Å². The van der Waals surface area contributed by atoms with Gasteiger partial charge in [-0.3, -0.25) is 4.79 Å². The minimum Gasteiger partial charge on any atom is -0.444 e. The van der Waals surface area contributed by atoms with Crippen molar-refractivity contribution in [2.45, 2.75) is 64.6 Å². The lowest BCUT2D eigenvalue weighted by Crippen LogP contribution is -2.54. The average molecular weight is 344 g/mol. The van der Waals surface area contributed by atoms with Gasteiger partial charge in [0.1, 0.15) is 5.60 Å². The summed E-state index contributed by atoms with van der Waals surface area (Å²) in [7, 11) is 0. The van der Waals surface area contributed by atoms with Crippen LogP contribution in [0.1, 0.15) is 59.1 Å². The topological polar surface area (TPSA) is 58.6 Å². The molecule has 1 spiro atoms. The quantitative estimate of drug-likeness (QED) is 0.910. The van der Waals surface area contributed by atoms with Crippen molar-refractivity contribution in [2.24, 2.45) is 5.41 Å². The van der Waals surface area contributed by atoms with E-state index in [-0.39, 0.29) is 11.9 Å². The fourth-order valence-corrected chi connectivity index (χ4v) is 3.88. The van der Waals surface area contributed by atoms with E-state index < -0.39 is 22.6 Å². The monoisotopic (exact) mass is 344 g/mol. The molecule has 25 heavy (non-hydrogen) atoms. The van der Waals surface area contributed by atoms with Crippen LogP contribution in [0.2, 0.25) is 0 Å². The number of amides is 2. The van der Waals surface area contributed by atoms with Crippen molar-refractivity contribution < 1.29 is 14.3 Å². The molecule has 1 saturated carbocycles. The van der Waals surface area contributed by atoms with Crippen LogP contribution < -0.4 is 5.32 Å². The predicted octanol–water partition coefficient (Wildman–Crippen LogP) is 3.65. The molecule has 0 radical (unpaired) electrons. The number of alkyl carbamates (subject to hydrolysis) is 1. The summed E-state index contributed by atoms with van der Waals surface area (Å²) in [5, 5.41) is 3.01. The zero-order valence-corrected chi connectivity index (χ0v) is 15.8. The molecule has 2 atom stereocenters. The lowest BCUT2D eigenvalue weighted by Gasteiger charge is -2.32. The maximum atomic E-state index is 13.1. The predicted molar refractivity (Wildman–Crippen MR) is 96.0 cm³/mol. The number of ether oxygens (including phenoxy) is 1. The van der Waals surface area contributed by atoms with Gasteiger partial charge in [0.15, 0.2) is 0 Å². The van der Waals surface area contributed by atoms with E-state index in [1.807, 2.05) is 69.9 Å². The van der Waals surface area contributed by atoms with Crippen LogP contribution in [0.3, 0.4) is 0 Å². The molecule has 0 unspecified atom stereocenters. The van der Waals surface area contributed by atoms with Crippen LogP contribution in [0.15, 0.2) is 30.3 Å². The third-order valence-electron chi connectivity index (χ3n) is 5.49. The van der Waals surface area contributed by atoms with Crippen LogP contribution in [0.5, 0.6) is 0 Å². The minimum absolute atomic E-state index is 0.0200. The Morgan fingerprint density at radius 3 is 2.36 bits per heavy atom. The SMILES string of the molecule is C[C@H](c1ccccc1)N1C[C@@](C)(NC(=O)OC(C)(C)C)C2(CC2)C1=O. The first kappa shape index (κ1) is 17.8. The number of likely N-dealkylation sites (tertiary alicyclic amines) is 1. The van der Waals surface area contributed by atoms with Crippen molar-refractivity contribution >= 4 is 12.0 Å². The molecular formula is C20H28N2O3. The third kappa shape index (κ3) is 3.12. The lowest BCUT2D eigenvalue weighted by molar-refractivity contribution is -0.134. The smallest absolute Gasteiger partial charge is 0.408 e. The molecule has 1 N–H and O–H groups in total. The summed E-state index contributed by atoms with van der Waals surface area (Å²) in [6, 6.07) is 9.99. The second-order valence-corrected chi connectivity index (χ2v) is 8.56. The van der Waals surface area contributed by atoms with Gasteiger partial charge in [-0.2, -0.15) is 0 Å². The summed E-state index contributed by atoms with van der Waals surface area (Å²) in [6.07, 6.45) is 1.18. The lowest BCUT2D eigenvalue weighted by atomic mass is 9.85. The van der Waals surface area contributed by atoms with Crippen LogP contribution in [0.25, 0.3) is 0 Å². The van der Waals surface area contributed by atoms with Gasteiger partial charge in [0.25, 0.3) is 0 Å². The number of rotatable bonds is 3. The van der Waals surface area contributed by atoms with Crippen LogP contribution in [0.4, 0.5) is 4.79 Å². The molecule has 0 aromatic heterocycles. The Bertz CT molecular complexity index is 676. The first-order valence-corrected chi connectivity index (χ1v) is 8.95. The Balaban J connectivity index is 1.80. The van der Waals surface area contributed by atoms with Gasteiger partial charge in [-0.05, 0) is 53.0 Å². The highest BCUT2D eigenvalue weighted by Gasteiger charge is 2.69. The second kappa shape index (κ2) is 5.75. The number of benzene rings is 1. The van der Waals surface area contributed by atoms with Crippen molar-refractivity contribution in [2.75, 3.05) is 6.54 Å². The highest BCUT2D eigenvalue weighted by Crippen LogP contribution is 2.60. The zero-order chi connectivity index (χ0) is 18.5. The van der Waals surface area contributed by atoms with E-state index in [2.05, 4.69) is 5.32 Å². The van der Waals surface area contributed by atoms with Crippen molar-refractivity contribution in [3.63, 3.8) is 0 Å². The van der Waals surface area contributed by atoms with E-state index in [0.29, 0.717) is 6.54 Å². The van der Waals surface area contributed by atoms with E-state index >= 15 is 0 Å². The van der Waals surface area contributed by atoms with E-state index in [1.54, 1.807) is 0 Å². The van der Waals surface area contributed by atoms with Crippen molar-refractivity contribution in [1.82, 2.24) is 10.2 Å². The van der Waals surface area contributed by atoms with Crippen LogP contribution in [-0.4, -0.2) is 34.6 Å². The maximum absolute atomic E-state index is 13.1. The van der Waals surface area contributed by atoms with Crippen LogP contribution in [-0.2, 0) is 9.53 Å². The standard InChI is InChI=1S/C20H28N2O3/c1-14(15-9-7-6-8-10-15)22-13-19(5,20(11-12-20)16(22)23)21-17(24)25-18(2,3)4/h6-10,14H,11-13H2,1-5H3,(H,21,24)/t14-,19-/m1/s1. The molecule has 2 fully saturated rings. The number of carbonyl (C=O) groups is 2. The largest absolute Gasteiger partial charge is 0.444 e. The van der Waals surface area contributed by atoms with Crippen LogP contribution in [0, 0.1) is 5.41 Å². The Morgan fingerprint density at radius 2 is 1.84 bits per heavy atom. The Hall–Kier alpha value is -2.04. The summed E-state index contributed by atoms with van der Waals surface area (Å²) < 4.78 is 5.42. The fourth-order valence-electron chi connectivity index (χ4n) is 3.88. The van der Waals surface area contributed by atoms with Crippen molar-refractivity contribution in [1.29, 1.82) is 0 Å². The number of carbonyl (C=O) groups excluding carboxylic acids is 2. The number of hydrogen-bond donors (Lipinski definition) is 1. The molecule has 1 heterocycles. The van der Waals surface area contributed by atoms with E-state index in [1.165, 1.54) is 0 Å². The zero-order valence-electron chi connectivity index (χ0n) is 15.8. The Kier molecular flexibility index (Phi) is 4.09. The molecule has 1 aliphatic heterocycles. The molecule has 0 bridgehead atoms. The van der Waals surface area contributed by atoms with Gasteiger partial charge in [0.05, 0.1) is 17.0 Å². The molecule has 136 valence electrons. The molecule has 2 aliphatic rings. The number of nitrogens with zero attached hydrogens (tertiary/aromatic N) is 1. The summed E-state index contributed by atoms with van der Waals surface area (Å²) in [4.78, 5) is 27.3. The maximum Gasteiger partial charge on any atom is 0.408 e. The molecule has 5 nitrogen and oxygen atoms in total. The number of hydrogen-bond acceptors (Lipinski definition) is 3. The molecule has 1 aliphatic carbocycles. The summed E-state index contributed by atoms with van der Waals surface area (Å²) in [5.41, 5.74) is -0.535. The van der Waals surface area contributed by atoms with E-state index in [9.17, 15) is 9.59 Å². The minimum atomic E-state index is -0.602. The summed E-state index contributed by atoms with van der Waals surface area (Å²) in [6.45, 7) is 10.0. The fraction of sp³-hybridized carbons (Fsp3) is 0.600. The first-order valence-electron chi connectivity index (χ1n) is 8.95.